The molecule has 1 amide bonds. The number of ether oxygens (including phenoxy) is 1. The number of likely N-dealkylation sites (tertiary alicyclic amines) is 1. The molecule has 138 valence electrons. The summed E-state index contributed by atoms with van der Waals surface area (Å²) in [5.74, 6) is 0.825. The summed E-state index contributed by atoms with van der Waals surface area (Å²) < 4.78 is 5.59. The average Bonchev–Trinajstić information content (AvgIpc) is 2.65. The second-order valence-electron chi connectivity index (χ2n) is 7.56. The van der Waals surface area contributed by atoms with Crippen molar-refractivity contribution in [1.82, 2.24) is 10.2 Å². The molecule has 0 bridgehead atoms. The molecule has 0 aromatic heterocycles. The minimum absolute atomic E-state index is 0.0331. The van der Waals surface area contributed by atoms with Gasteiger partial charge in [0, 0.05) is 19.3 Å². The van der Waals surface area contributed by atoms with Gasteiger partial charge in [-0.2, -0.15) is 0 Å². The summed E-state index contributed by atoms with van der Waals surface area (Å²) in [7, 11) is 1.63. The van der Waals surface area contributed by atoms with E-state index in [9.17, 15) is 4.79 Å². The maximum absolute atomic E-state index is 12.7. The third-order valence-corrected chi connectivity index (χ3v) is 5.71. The lowest BCUT2D eigenvalue weighted by atomic mass is 9.91. The number of hydrogen-bond acceptors (Lipinski definition) is 4. The van der Waals surface area contributed by atoms with E-state index in [-0.39, 0.29) is 5.91 Å². The predicted octanol–water partition coefficient (Wildman–Crippen LogP) is 2.63. The number of piperidine rings is 2. The van der Waals surface area contributed by atoms with Crippen LogP contribution in [0.5, 0.6) is 0 Å². The second kappa shape index (κ2) is 8.30. The zero-order valence-electron chi connectivity index (χ0n) is 15.5. The lowest BCUT2D eigenvalue weighted by molar-refractivity contribution is -0.140. The Bertz CT molecular complexity index is 559. The van der Waals surface area contributed by atoms with Crippen LogP contribution >= 0.6 is 0 Å². The third-order valence-electron chi connectivity index (χ3n) is 5.71. The fraction of sp³-hybridized carbons (Fsp3) is 0.650. The van der Waals surface area contributed by atoms with Crippen molar-refractivity contribution in [3.8, 4) is 0 Å². The zero-order chi connectivity index (χ0) is 17.7. The highest BCUT2D eigenvalue weighted by Gasteiger charge is 2.39. The van der Waals surface area contributed by atoms with Crippen molar-refractivity contribution in [1.29, 1.82) is 0 Å². The lowest BCUT2D eigenvalue weighted by Crippen LogP contribution is -2.51. The predicted molar refractivity (Wildman–Crippen MR) is 101 cm³/mol. The number of nitrogens with one attached hydrogen (secondary N) is 2. The molecule has 0 unspecified atom stereocenters. The summed E-state index contributed by atoms with van der Waals surface area (Å²) in [4.78, 5) is 15.2. The summed E-state index contributed by atoms with van der Waals surface area (Å²) in [6.45, 7) is 7.33. The summed E-state index contributed by atoms with van der Waals surface area (Å²) in [5, 5.41) is 6.31. The van der Waals surface area contributed by atoms with Crippen molar-refractivity contribution in [2.45, 2.75) is 44.8 Å². The summed E-state index contributed by atoms with van der Waals surface area (Å²) in [5.41, 5.74) is 1.45. The minimum atomic E-state index is -0.700. The Morgan fingerprint density at radius 1 is 1.24 bits per heavy atom. The Morgan fingerprint density at radius 2 is 1.88 bits per heavy atom. The maximum Gasteiger partial charge on any atom is 0.256 e. The van der Waals surface area contributed by atoms with Crippen LogP contribution in [0.15, 0.2) is 24.3 Å². The smallest absolute Gasteiger partial charge is 0.256 e. The summed E-state index contributed by atoms with van der Waals surface area (Å²) in [6.07, 6.45) is 4.01. The summed E-state index contributed by atoms with van der Waals surface area (Å²) in [6, 6.07) is 8.25. The molecule has 0 atom stereocenters. The molecule has 5 nitrogen and oxygen atoms in total. The molecule has 1 aromatic rings. The van der Waals surface area contributed by atoms with E-state index in [4.69, 9.17) is 4.74 Å². The van der Waals surface area contributed by atoms with Crippen LogP contribution in [0.25, 0.3) is 0 Å². The molecule has 0 radical (unpaired) electrons. The molecule has 2 fully saturated rings. The molecule has 0 spiro atoms. The van der Waals surface area contributed by atoms with Gasteiger partial charge in [-0.25, -0.2) is 0 Å². The van der Waals surface area contributed by atoms with Crippen molar-refractivity contribution < 1.29 is 9.53 Å². The number of rotatable bonds is 5. The fourth-order valence-electron chi connectivity index (χ4n) is 3.77. The molecule has 2 saturated heterocycles. The van der Waals surface area contributed by atoms with Gasteiger partial charge in [0.2, 0.25) is 0 Å². The van der Waals surface area contributed by atoms with Gasteiger partial charge in [-0.15, -0.1) is 0 Å². The number of carbonyl (C=O) groups is 1. The normalized spacial score (nSPS) is 21.8. The Kier molecular flexibility index (Phi) is 6.10. The summed E-state index contributed by atoms with van der Waals surface area (Å²) >= 11 is 0. The molecular weight excluding hydrogens is 314 g/mol. The van der Waals surface area contributed by atoms with Crippen molar-refractivity contribution in [2.24, 2.45) is 5.92 Å². The number of methoxy groups -OCH3 is 1. The molecule has 2 N–H and O–H groups in total. The van der Waals surface area contributed by atoms with Crippen LogP contribution in [-0.4, -0.2) is 49.7 Å². The van der Waals surface area contributed by atoms with Crippen LogP contribution in [-0.2, 0) is 16.1 Å². The van der Waals surface area contributed by atoms with Crippen LogP contribution < -0.4 is 10.6 Å². The van der Waals surface area contributed by atoms with Gasteiger partial charge in [-0.05, 0) is 75.5 Å². The quantitative estimate of drug-likeness (QED) is 0.861. The van der Waals surface area contributed by atoms with E-state index in [1.54, 1.807) is 7.11 Å². The van der Waals surface area contributed by atoms with Gasteiger partial charge in [0.25, 0.3) is 5.91 Å². The van der Waals surface area contributed by atoms with E-state index in [0.29, 0.717) is 12.8 Å². The topological polar surface area (TPSA) is 53.6 Å². The molecule has 5 heteroatoms. The van der Waals surface area contributed by atoms with E-state index >= 15 is 0 Å². The molecule has 1 aromatic carbocycles. The first-order chi connectivity index (χ1) is 12.1. The average molecular weight is 345 g/mol. The van der Waals surface area contributed by atoms with Crippen LogP contribution in [0, 0.1) is 5.92 Å². The molecular formula is C20H31N3O2. The Morgan fingerprint density at radius 3 is 2.48 bits per heavy atom. The van der Waals surface area contributed by atoms with Crippen LogP contribution in [0.3, 0.4) is 0 Å². The maximum atomic E-state index is 12.7. The minimum Gasteiger partial charge on any atom is -0.368 e. The van der Waals surface area contributed by atoms with Gasteiger partial charge in [0.15, 0.2) is 0 Å². The number of benzene rings is 1. The molecule has 25 heavy (non-hydrogen) atoms. The largest absolute Gasteiger partial charge is 0.368 e. The van der Waals surface area contributed by atoms with Crippen molar-refractivity contribution >= 4 is 11.6 Å². The van der Waals surface area contributed by atoms with Gasteiger partial charge < -0.3 is 15.4 Å². The monoisotopic (exact) mass is 345 g/mol. The van der Waals surface area contributed by atoms with Gasteiger partial charge >= 0.3 is 0 Å². The van der Waals surface area contributed by atoms with E-state index in [2.05, 4.69) is 34.6 Å². The number of hydrogen-bond donors (Lipinski definition) is 2. The number of anilines is 1. The Hall–Kier alpha value is -1.43. The highest BCUT2D eigenvalue weighted by Crippen LogP contribution is 2.25. The fourth-order valence-corrected chi connectivity index (χ4v) is 3.77. The molecule has 2 heterocycles. The molecule has 2 aliphatic rings. The van der Waals surface area contributed by atoms with E-state index in [1.165, 1.54) is 31.5 Å². The Balaban J connectivity index is 1.56. The number of nitrogens with zero attached hydrogens (tertiary/aromatic N) is 1. The molecule has 3 rings (SSSR count). The number of amides is 1. The van der Waals surface area contributed by atoms with Crippen molar-refractivity contribution in [3.05, 3.63) is 29.8 Å². The highest BCUT2D eigenvalue weighted by atomic mass is 16.5. The lowest BCUT2D eigenvalue weighted by Gasteiger charge is -2.34. The Labute approximate surface area is 151 Å². The molecule has 0 saturated carbocycles. The standard InChI is InChI=1S/C20H31N3O2/c1-16-7-13-23(14-8-16)15-17-3-5-18(6-4-17)22-19(24)20(25-2)9-11-21-12-10-20/h3-6,16,21H,7-15H2,1-2H3,(H,22,24). The molecule has 0 aliphatic carbocycles. The van der Waals surface area contributed by atoms with Crippen LogP contribution in [0.4, 0.5) is 5.69 Å². The SMILES string of the molecule is COC1(C(=O)Nc2ccc(CN3CCC(C)CC3)cc2)CCNCC1. The van der Waals surface area contributed by atoms with Crippen LogP contribution in [0.2, 0.25) is 0 Å². The second-order valence-corrected chi connectivity index (χ2v) is 7.56. The van der Waals surface area contributed by atoms with Crippen molar-refractivity contribution in [3.63, 3.8) is 0 Å². The third kappa shape index (κ3) is 4.60. The highest BCUT2D eigenvalue weighted by molar-refractivity contribution is 5.97. The first-order valence-corrected chi connectivity index (χ1v) is 9.50. The van der Waals surface area contributed by atoms with Gasteiger partial charge in [-0.1, -0.05) is 19.1 Å². The van der Waals surface area contributed by atoms with E-state index in [0.717, 1.165) is 31.2 Å². The van der Waals surface area contributed by atoms with E-state index in [1.807, 2.05) is 12.1 Å². The van der Waals surface area contributed by atoms with Gasteiger partial charge in [-0.3, -0.25) is 9.69 Å². The van der Waals surface area contributed by atoms with E-state index < -0.39 is 5.60 Å². The molecule has 2 aliphatic heterocycles. The van der Waals surface area contributed by atoms with Crippen LogP contribution in [0.1, 0.15) is 38.2 Å². The first-order valence-electron chi connectivity index (χ1n) is 9.50. The zero-order valence-corrected chi connectivity index (χ0v) is 15.5. The van der Waals surface area contributed by atoms with Crippen molar-refractivity contribution in [2.75, 3.05) is 38.6 Å². The number of carbonyl (C=O) groups excluding carboxylic acids is 1. The first kappa shape index (κ1) is 18.4. The van der Waals surface area contributed by atoms with Gasteiger partial charge in [0.1, 0.15) is 5.60 Å². The van der Waals surface area contributed by atoms with Gasteiger partial charge in [0.05, 0.1) is 0 Å².